The lowest BCUT2D eigenvalue weighted by molar-refractivity contribution is 0.284. The van der Waals surface area contributed by atoms with Crippen LogP contribution in [0.3, 0.4) is 0 Å². The van der Waals surface area contributed by atoms with Gasteiger partial charge < -0.3 is 9.47 Å². The van der Waals surface area contributed by atoms with Crippen LogP contribution in [0.1, 0.15) is 11.1 Å². The Balaban J connectivity index is 1.54. The fraction of sp³-hybridized carbons (Fsp3) is 0.0870. The van der Waals surface area contributed by atoms with Crippen molar-refractivity contribution in [3.63, 3.8) is 0 Å². The molecule has 3 aromatic carbocycles. The summed E-state index contributed by atoms with van der Waals surface area (Å²) >= 11 is 11.4. The van der Waals surface area contributed by atoms with Gasteiger partial charge >= 0.3 is 0 Å². The molecule has 4 rings (SSSR count). The molecule has 0 fully saturated rings. The van der Waals surface area contributed by atoms with E-state index in [1.54, 1.807) is 49.7 Å². The van der Waals surface area contributed by atoms with Crippen LogP contribution in [0.25, 0.3) is 11.4 Å². The highest BCUT2D eigenvalue weighted by atomic mass is 35.5. The Morgan fingerprint density at radius 3 is 2.69 bits per heavy atom. The first-order valence-corrected chi connectivity index (χ1v) is 10.3. The Kier molecular flexibility index (Phi) is 6.63. The number of hydrogen-bond donors (Lipinski definition) is 1. The smallest absolute Gasteiger partial charge is 0.216 e. The first kappa shape index (κ1) is 21.7. The molecule has 0 radical (unpaired) electrons. The van der Waals surface area contributed by atoms with E-state index in [2.05, 4.69) is 15.3 Å². The van der Waals surface area contributed by atoms with Crippen molar-refractivity contribution >= 4 is 30.0 Å². The molecule has 9 heteroatoms. The number of nitrogens with zero attached hydrogens (tertiary/aromatic N) is 3. The monoisotopic (exact) mass is 468 g/mol. The molecular weight excluding hydrogens is 451 g/mol. The molecule has 0 aliphatic carbocycles. The number of halogens is 2. The largest absolute Gasteiger partial charge is 0.493 e. The summed E-state index contributed by atoms with van der Waals surface area (Å²) in [5.74, 6) is 1.36. The van der Waals surface area contributed by atoms with E-state index in [9.17, 15) is 4.39 Å². The number of benzene rings is 3. The molecule has 32 heavy (non-hydrogen) atoms. The van der Waals surface area contributed by atoms with Gasteiger partial charge in [0.1, 0.15) is 12.4 Å². The van der Waals surface area contributed by atoms with E-state index in [4.69, 9.17) is 33.3 Å². The molecule has 0 atom stereocenters. The molecule has 0 aliphatic heterocycles. The average Bonchev–Trinajstić information content (AvgIpc) is 3.17. The molecule has 162 valence electrons. The van der Waals surface area contributed by atoms with Crippen molar-refractivity contribution in [2.75, 3.05) is 7.11 Å². The SMILES string of the molecule is COc1cc(/C=N/n2c(-c3cccc(Cl)c3)n[nH]c2=S)ccc1OCc1ccc(F)cc1. The Hall–Kier alpha value is -3.49. The van der Waals surface area contributed by atoms with Gasteiger partial charge in [0.25, 0.3) is 0 Å². The second-order valence-corrected chi connectivity index (χ2v) is 7.57. The maximum atomic E-state index is 13.1. The van der Waals surface area contributed by atoms with E-state index in [-0.39, 0.29) is 12.4 Å². The molecule has 1 heterocycles. The molecule has 0 amide bonds. The van der Waals surface area contributed by atoms with Crippen molar-refractivity contribution in [2.45, 2.75) is 6.61 Å². The predicted octanol–water partition coefficient (Wildman–Crippen LogP) is 5.87. The van der Waals surface area contributed by atoms with Crippen LogP contribution in [0.4, 0.5) is 4.39 Å². The van der Waals surface area contributed by atoms with Crippen LogP contribution < -0.4 is 9.47 Å². The number of methoxy groups -OCH3 is 1. The number of ether oxygens (including phenoxy) is 2. The van der Waals surface area contributed by atoms with E-state index in [0.29, 0.717) is 27.1 Å². The molecule has 0 saturated carbocycles. The zero-order chi connectivity index (χ0) is 22.5. The van der Waals surface area contributed by atoms with E-state index in [1.807, 2.05) is 18.2 Å². The zero-order valence-electron chi connectivity index (χ0n) is 17.0. The van der Waals surface area contributed by atoms with Crippen LogP contribution in [0.5, 0.6) is 11.5 Å². The van der Waals surface area contributed by atoms with Gasteiger partial charge in [0, 0.05) is 10.6 Å². The second kappa shape index (κ2) is 9.76. The quantitative estimate of drug-likeness (QED) is 0.272. The second-order valence-electron chi connectivity index (χ2n) is 6.74. The standard InChI is InChI=1S/C23H18ClFN4O2S/c1-30-21-11-16(7-10-20(21)31-14-15-5-8-19(25)9-6-15)13-26-29-22(27-28-23(29)32)17-3-2-4-18(24)12-17/h2-13H,14H2,1H3,(H,28,32)/b26-13+. The molecule has 0 spiro atoms. The van der Waals surface area contributed by atoms with E-state index in [0.717, 1.165) is 16.7 Å². The van der Waals surface area contributed by atoms with Gasteiger partial charge in [0.2, 0.25) is 4.77 Å². The van der Waals surface area contributed by atoms with Crippen molar-refractivity contribution in [2.24, 2.45) is 5.10 Å². The Bertz CT molecular complexity index is 1320. The zero-order valence-corrected chi connectivity index (χ0v) is 18.5. The molecule has 4 aromatic rings. The molecule has 1 aromatic heterocycles. The van der Waals surface area contributed by atoms with Crippen LogP contribution in [-0.2, 0) is 6.61 Å². The molecule has 0 aliphatic rings. The van der Waals surface area contributed by atoms with Crippen LogP contribution in [0.2, 0.25) is 5.02 Å². The van der Waals surface area contributed by atoms with Crippen molar-refractivity contribution in [3.05, 3.63) is 93.5 Å². The lowest BCUT2D eigenvalue weighted by atomic mass is 10.2. The third-order valence-corrected chi connectivity index (χ3v) is 5.05. The van der Waals surface area contributed by atoms with Crippen molar-refractivity contribution < 1.29 is 13.9 Å². The van der Waals surface area contributed by atoms with E-state index >= 15 is 0 Å². The maximum Gasteiger partial charge on any atom is 0.216 e. The summed E-state index contributed by atoms with van der Waals surface area (Å²) in [6.07, 6.45) is 1.64. The number of nitrogens with one attached hydrogen (secondary N) is 1. The van der Waals surface area contributed by atoms with Gasteiger partial charge in [0.15, 0.2) is 17.3 Å². The molecular formula is C23H18ClFN4O2S. The summed E-state index contributed by atoms with van der Waals surface area (Å²) in [5, 5.41) is 12.1. The van der Waals surface area contributed by atoms with Crippen LogP contribution >= 0.6 is 23.8 Å². The summed E-state index contributed by atoms with van der Waals surface area (Å²) in [6, 6.07) is 18.8. The highest BCUT2D eigenvalue weighted by molar-refractivity contribution is 7.71. The number of rotatable bonds is 7. The first-order valence-electron chi connectivity index (χ1n) is 9.56. The normalized spacial score (nSPS) is 11.1. The lowest BCUT2D eigenvalue weighted by Crippen LogP contribution is -1.99. The van der Waals surface area contributed by atoms with E-state index < -0.39 is 0 Å². The molecule has 0 bridgehead atoms. The summed E-state index contributed by atoms with van der Waals surface area (Å²) in [6.45, 7) is 0.289. The molecule has 1 N–H and O–H groups in total. The summed E-state index contributed by atoms with van der Waals surface area (Å²) < 4.78 is 26.2. The summed E-state index contributed by atoms with van der Waals surface area (Å²) in [4.78, 5) is 0. The van der Waals surface area contributed by atoms with Gasteiger partial charge in [-0.3, -0.25) is 0 Å². The van der Waals surface area contributed by atoms with Gasteiger partial charge in [-0.15, -0.1) is 0 Å². The third-order valence-electron chi connectivity index (χ3n) is 4.55. The Morgan fingerprint density at radius 1 is 1.12 bits per heavy atom. The summed E-state index contributed by atoms with van der Waals surface area (Å²) in [5.41, 5.74) is 2.40. The van der Waals surface area contributed by atoms with Gasteiger partial charge in [-0.1, -0.05) is 35.9 Å². The van der Waals surface area contributed by atoms with Crippen LogP contribution in [0.15, 0.2) is 71.8 Å². The van der Waals surface area contributed by atoms with Gasteiger partial charge in [-0.2, -0.15) is 14.9 Å². The molecule has 0 saturated heterocycles. The first-order chi connectivity index (χ1) is 15.5. The van der Waals surface area contributed by atoms with Crippen molar-refractivity contribution in [3.8, 4) is 22.9 Å². The minimum absolute atomic E-state index is 0.286. The number of hydrogen-bond acceptors (Lipinski definition) is 5. The predicted molar refractivity (Wildman–Crippen MR) is 125 cm³/mol. The van der Waals surface area contributed by atoms with E-state index in [1.165, 1.54) is 16.8 Å². The average molecular weight is 469 g/mol. The van der Waals surface area contributed by atoms with Crippen molar-refractivity contribution in [1.29, 1.82) is 0 Å². The fourth-order valence-corrected chi connectivity index (χ4v) is 3.33. The topological polar surface area (TPSA) is 64.4 Å². The molecule has 6 nitrogen and oxygen atoms in total. The summed E-state index contributed by atoms with van der Waals surface area (Å²) in [7, 11) is 1.56. The Labute approximate surface area is 193 Å². The maximum absolute atomic E-state index is 13.1. The van der Waals surface area contributed by atoms with Gasteiger partial charge in [-0.05, 0) is 65.8 Å². The molecule has 0 unspecified atom stereocenters. The van der Waals surface area contributed by atoms with Crippen molar-refractivity contribution in [1.82, 2.24) is 14.9 Å². The van der Waals surface area contributed by atoms with Gasteiger partial charge in [-0.25, -0.2) is 9.49 Å². The minimum Gasteiger partial charge on any atom is -0.493 e. The number of H-pyrrole nitrogens is 1. The fourth-order valence-electron chi connectivity index (χ4n) is 2.96. The minimum atomic E-state index is -0.286. The highest BCUT2D eigenvalue weighted by Gasteiger charge is 2.09. The van der Waals surface area contributed by atoms with Gasteiger partial charge in [0.05, 0.1) is 13.3 Å². The lowest BCUT2D eigenvalue weighted by Gasteiger charge is -2.11. The number of aromatic nitrogens is 3. The Morgan fingerprint density at radius 2 is 1.94 bits per heavy atom. The third kappa shape index (κ3) is 5.04. The van der Waals surface area contributed by atoms with Crippen LogP contribution in [0, 0.1) is 10.6 Å². The number of aromatic amines is 1. The van der Waals surface area contributed by atoms with Crippen LogP contribution in [-0.4, -0.2) is 28.2 Å². The highest BCUT2D eigenvalue weighted by Crippen LogP contribution is 2.28.